The molecule has 0 amide bonds. The summed E-state index contributed by atoms with van der Waals surface area (Å²) < 4.78 is 31.5. The largest absolute Gasteiger partial charge is 0.444 e. The summed E-state index contributed by atoms with van der Waals surface area (Å²) in [6, 6.07) is 12.5. The number of benzene rings is 2. The molecule has 1 heterocycles. The lowest BCUT2D eigenvalue weighted by molar-refractivity contribution is 0.572. The van der Waals surface area contributed by atoms with Crippen molar-refractivity contribution in [3.8, 4) is 11.5 Å². The highest BCUT2D eigenvalue weighted by Crippen LogP contribution is 2.19. The fourth-order valence-electron chi connectivity index (χ4n) is 2.75. The summed E-state index contributed by atoms with van der Waals surface area (Å²) in [7, 11) is 0. The molecular formula is C22H25F2IN4O. The van der Waals surface area contributed by atoms with Gasteiger partial charge in [-0.15, -0.1) is 24.0 Å². The summed E-state index contributed by atoms with van der Waals surface area (Å²) in [5.41, 5.74) is 2.58. The van der Waals surface area contributed by atoms with Crippen LogP contribution in [0.4, 0.5) is 8.78 Å². The van der Waals surface area contributed by atoms with E-state index in [9.17, 15) is 8.78 Å². The first-order valence-electron chi connectivity index (χ1n) is 9.61. The van der Waals surface area contributed by atoms with Gasteiger partial charge in [-0.2, -0.15) is 0 Å². The van der Waals surface area contributed by atoms with Crippen molar-refractivity contribution in [3.05, 3.63) is 77.7 Å². The molecule has 2 aromatic carbocycles. The van der Waals surface area contributed by atoms with E-state index in [4.69, 9.17) is 4.42 Å². The smallest absolute Gasteiger partial charge is 0.226 e. The summed E-state index contributed by atoms with van der Waals surface area (Å²) in [4.78, 5) is 8.98. The van der Waals surface area contributed by atoms with Crippen molar-refractivity contribution >= 4 is 29.9 Å². The molecule has 0 aliphatic heterocycles. The molecule has 8 heteroatoms. The molecule has 30 heavy (non-hydrogen) atoms. The van der Waals surface area contributed by atoms with Crippen molar-refractivity contribution in [2.24, 2.45) is 4.99 Å². The van der Waals surface area contributed by atoms with E-state index in [1.807, 2.05) is 6.92 Å². The van der Waals surface area contributed by atoms with Crippen LogP contribution in [0.3, 0.4) is 0 Å². The SMILES string of the molecule is CCNC(=NCCc1coc(-c2ccc(F)cc2)n1)NCCc1ccc(F)cc1.I. The second-order valence-corrected chi connectivity index (χ2v) is 6.46. The zero-order valence-corrected chi connectivity index (χ0v) is 19.0. The van der Waals surface area contributed by atoms with E-state index in [1.54, 1.807) is 30.5 Å². The first kappa shape index (κ1) is 23.8. The Morgan fingerprint density at radius 3 is 2.30 bits per heavy atom. The summed E-state index contributed by atoms with van der Waals surface area (Å²) in [5.74, 6) is 0.662. The first-order valence-corrected chi connectivity index (χ1v) is 9.61. The minimum atomic E-state index is -0.294. The summed E-state index contributed by atoms with van der Waals surface area (Å²) in [5, 5.41) is 6.47. The van der Waals surface area contributed by atoms with Gasteiger partial charge < -0.3 is 15.1 Å². The standard InChI is InChI=1S/C22H24F2N4O.HI/c1-2-25-22(26-13-11-16-3-7-18(23)8-4-16)27-14-12-20-15-29-21(28-20)17-5-9-19(24)10-6-17;/h3-10,15H,2,11-14H2,1H3,(H2,25,26,27);1H. The Morgan fingerprint density at radius 2 is 1.63 bits per heavy atom. The fraction of sp³-hybridized carbons (Fsp3) is 0.273. The van der Waals surface area contributed by atoms with Crippen LogP contribution in [0.1, 0.15) is 18.2 Å². The van der Waals surface area contributed by atoms with Gasteiger partial charge in [-0.05, 0) is 55.3 Å². The Labute approximate surface area is 192 Å². The number of aliphatic imine (C=N–C) groups is 1. The maximum absolute atomic E-state index is 13.0. The van der Waals surface area contributed by atoms with Gasteiger partial charge in [-0.3, -0.25) is 4.99 Å². The highest BCUT2D eigenvalue weighted by molar-refractivity contribution is 14.0. The van der Waals surface area contributed by atoms with Crippen molar-refractivity contribution in [2.45, 2.75) is 19.8 Å². The third-order valence-corrected chi connectivity index (χ3v) is 4.24. The van der Waals surface area contributed by atoms with Gasteiger partial charge in [0, 0.05) is 31.6 Å². The van der Waals surface area contributed by atoms with Crippen molar-refractivity contribution in [1.82, 2.24) is 15.6 Å². The van der Waals surface area contributed by atoms with E-state index in [0.29, 0.717) is 25.4 Å². The third-order valence-electron chi connectivity index (χ3n) is 4.24. The molecule has 0 fully saturated rings. The Balaban J connectivity index is 0.00000320. The molecule has 0 saturated heterocycles. The number of rotatable bonds is 8. The molecule has 0 aliphatic carbocycles. The maximum atomic E-state index is 13.0. The Kier molecular flexibility index (Phi) is 9.72. The second kappa shape index (κ2) is 12.3. The molecule has 0 saturated carbocycles. The van der Waals surface area contributed by atoms with Crippen LogP contribution in [0.15, 0.2) is 64.2 Å². The molecule has 0 bridgehead atoms. The zero-order chi connectivity index (χ0) is 20.5. The van der Waals surface area contributed by atoms with Crippen LogP contribution < -0.4 is 10.6 Å². The van der Waals surface area contributed by atoms with Crippen LogP contribution in [-0.2, 0) is 12.8 Å². The van der Waals surface area contributed by atoms with Gasteiger partial charge >= 0.3 is 0 Å². The normalized spacial score (nSPS) is 11.1. The van der Waals surface area contributed by atoms with Gasteiger partial charge in [0.25, 0.3) is 0 Å². The minimum absolute atomic E-state index is 0. The quantitative estimate of drug-likeness (QED) is 0.257. The predicted molar refractivity (Wildman–Crippen MR) is 125 cm³/mol. The first-order chi connectivity index (χ1) is 14.1. The van der Waals surface area contributed by atoms with Gasteiger partial charge in [-0.25, -0.2) is 13.8 Å². The minimum Gasteiger partial charge on any atom is -0.444 e. The van der Waals surface area contributed by atoms with Crippen molar-refractivity contribution in [1.29, 1.82) is 0 Å². The summed E-state index contributed by atoms with van der Waals surface area (Å²) >= 11 is 0. The highest BCUT2D eigenvalue weighted by Gasteiger charge is 2.07. The molecule has 0 aliphatic rings. The molecule has 0 radical (unpaired) electrons. The van der Waals surface area contributed by atoms with E-state index in [2.05, 4.69) is 20.6 Å². The monoisotopic (exact) mass is 526 g/mol. The second-order valence-electron chi connectivity index (χ2n) is 6.46. The fourth-order valence-corrected chi connectivity index (χ4v) is 2.75. The number of hydrogen-bond acceptors (Lipinski definition) is 3. The van der Waals surface area contributed by atoms with E-state index in [1.165, 1.54) is 24.3 Å². The van der Waals surface area contributed by atoms with Crippen LogP contribution in [0.25, 0.3) is 11.5 Å². The molecule has 2 N–H and O–H groups in total. The van der Waals surface area contributed by atoms with E-state index in [-0.39, 0.29) is 35.6 Å². The lowest BCUT2D eigenvalue weighted by atomic mass is 10.1. The molecule has 5 nitrogen and oxygen atoms in total. The number of nitrogens with one attached hydrogen (secondary N) is 2. The van der Waals surface area contributed by atoms with Crippen LogP contribution in [-0.4, -0.2) is 30.6 Å². The average Bonchev–Trinajstić information content (AvgIpc) is 3.19. The van der Waals surface area contributed by atoms with Crippen molar-refractivity contribution < 1.29 is 13.2 Å². The topological polar surface area (TPSA) is 62.5 Å². The third kappa shape index (κ3) is 7.40. The van der Waals surface area contributed by atoms with E-state index in [0.717, 1.165) is 35.7 Å². The molecule has 3 rings (SSSR count). The zero-order valence-electron chi connectivity index (χ0n) is 16.7. The number of hydrogen-bond donors (Lipinski definition) is 2. The maximum Gasteiger partial charge on any atom is 0.226 e. The van der Waals surface area contributed by atoms with Gasteiger partial charge in [-0.1, -0.05) is 12.1 Å². The van der Waals surface area contributed by atoms with Crippen molar-refractivity contribution in [3.63, 3.8) is 0 Å². The van der Waals surface area contributed by atoms with Gasteiger partial charge in [0.05, 0.1) is 5.69 Å². The number of nitrogens with zero attached hydrogens (tertiary/aromatic N) is 2. The number of guanidine groups is 1. The Hall–Kier alpha value is -2.49. The average molecular weight is 526 g/mol. The summed E-state index contributed by atoms with van der Waals surface area (Å²) in [6.45, 7) is 3.99. The van der Waals surface area contributed by atoms with Crippen LogP contribution >= 0.6 is 24.0 Å². The molecular weight excluding hydrogens is 501 g/mol. The van der Waals surface area contributed by atoms with Gasteiger partial charge in [0.2, 0.25) is 5.89 Å². The van der Waals surface area contributed by atoms with Crippen molar-refractivity contribution in [2.75, 3.05) is 19.6 Å². The molecule has 3 aromatic rings. The molecule has 0 unspecified atom stereocenters. The lowest BCUT2D eigenvalue weighted by Gasteiger charge is -2.11. The molecule has 160 valence electrons. The Bertz CT molecular complexity index is 927. The number of oxazole rings is 1. The molecule has 0 spiro atoms. The van der Waals surface area contributed by atoms with Gasteiger partial charge in [0.15, 0.2) is 5.96 Å². The van der Waals surface area contributed by atoms with Crippen LogP contribution in [0.5, 0.6) is 0 Å². The molecule has 0 atom stereocenters. The lowest BCUT2D eigenvalue weighted by Crippen LogP contribution is -2.38. The van der Waals surface area contributed by atoms with Crippen LogP contribution in [0.2, 0.25) is 0 Å². The van der Waals surface area contributed by atoms with E-state index < -0.39 is 0 Å². The van der Waals surface area contributed by atoms with E-state index >= 15 is 0 Å². The predicted octanol–water partition coefficient (Wildman–Crippen LogP) is 4.58. The highest BCUT2D eigenvalue weighted by atomic mass is 127. The van der Waals surface area contributed by atoms with Crippen LogP contribution in [0, 0.1) is 11.6 Å². The summed E-state index contributed by atoms with van der Waals surface area (Å²) in [6.07, 6.45) is 3.00. The molecule has 1 aromatic heterocycles. The number of halogens is 3. The van der Waals surface area contributed by atoms with Gasteiger partial charge in [0.1, 0.15) is 17.9 Å². The number of aromatic nitrogens is 1. The Morgan fingerprint density at radius 1 is 0.967 bits per heavy atom.